The molecule has 0 N–H and O–H groups in total. The Hall–Kier alpha value is -1.58. The molecule has 2 nitrogen and oxygen atoms in total. The maximum absolute atomic E-state index is 13.3. The Balaban J connectivity index is 2.29. The Labute approximate surface area is 81.0 Å². The van der Waals surface area contributed by atoms with E-state index in [4.69, 9.17) is 0 Å². The first kappa shape index (κ1) is 8.99. The molecule has 0 atom stereocenters. The highest BCUT2D eigenvalue weighted by Gasteiger charge is 2.14. The van der Waals surface area contributed by atoms with Crippen molar-refractivity contribution in [2.75, 3.05) is 18.6 Å². The molecule has 0 saturated heterocycles. The Morgan fingerprint density at radius 3 is 2.57 bits per heavy atom. The summed E-state index contributed by atoms with van der Waals surface area (Å²) in [5.74, 6) is -1.09. The van der Waals surface area contributed by atoms with Gasteiger partial charge in [-0.2, -0.15) is 0 Å². The van der Waals surface area contributed by atoms with Crippen molar-refractivity contribution in [3.63, 3.8) is 0 Å². The number of rotatable bonds is 1. The standard InChI is InChI=1S/C10H10F2N2/c1-13-4-5-14(7-13)10-3-2-8(11)6-9(10)12/h2-6H,7H2,1H3. The summed E-state index contributed by atoms with van der Waals surface area (Å²) in [6.45, 7) is 0.586. The Kier molecular flexibility index (Phi) is 2.11. The van der Waals surface area contributed by atoms with Gasteiger partial charge in [-0.1, -0.05) is 0 Å². The van der Waals surface area contributed by atoms with Gasteiger partial charge in [0.2, 0.25) is 0 Å². The quantitative estimate of drug-likeness (QED) is 0.679. The summed E-state index contributed by atoms with van der Waals surface area (Å²) in [7, 11) is 1.89. The third kappa shape index (κ3) is 1.55. The second kappa shape index (κ2) is 3.29. The Morgan fingerprint density at radius 2 is 2.00 bits per heavy atom. The van der Waals surface area contributed by atoms with Crippen molar-refractivity contribution in [1.29, 1.82) is 0 Å². The van der Waals surface area contributed by atoms with E-state index in [1.807, 2.05) is 18.1 Å². The van der Waals surface area contributed by atoms with Crippen molar-refractivity contribution in [3.8, 4) is 0 Å². The van der Waals surface area contributed by atoms with Crippen LogP contribution in [0.4, 0.5) is 14.5 Å². The number of anilines is 1. The summed E-state index contributed by atoms with van der Waals surface area (Å²) in [6, 6.07) is 3.58. The number of hydrogen-bond acceptors (Lipinski definition) is 2. The molecule has 1 heterocycles. The van der Waals surface area contributed by atoms with Crippen LogP contribution in [0, 0.1) is 11.6 Å². The van der Waals surface area contributed by atoms with Gasteiger partial charge in [0, 0.05) is 25.5 Å². The van der Waals surface area contributed by atoms with E-state index in [9.17, 15) is 8.78 Å². The molecule has 0 radical (unpaired) electrons. The maximum atomic E-state index is 13.3. The van der Waals surface area contributed by atoms with E-state index in [0.29, 0.717) is 12.4 Å². The fourth-order valence-electron chi connectivity index (χ4n) is 1.40. The summed E-state index contributed by atoms with van der Waals surface area (Å²) in [5.41, 5.74) is 0.395. The van der Waals surface area contributed by atoms with Crippen LogP contribution in [0.25, 0.3) is 0 Å². The van der Waals surface area contributed by atoms with Gasteiger partial charge < -0.3 is 9.80 Å². The van der Waals surface area contributed by atoms with Crippen LogP contribution in [0.2, 0.25) is 0 Å². The van der Waals surface area contributed by atoms with Crippen LogP contribution in [-0.4, -0.2) is 18.6 Å². The molecule has 0 aliphatic carbocycles. The van der Waals surface area contributed by atoms with Crippen LogP contribution in [0.3, 0.4) is 0 Å². The Bertz CT molecular complexity index is 376. The van der Waals surface area contributed by atoms with E-state index in [1.54, 1.807) is 11.1 Å². The maximum Gasteiger partial charge on any atom is 0.149 e. The number of hydrogen-bond donors (Lipinski definition) is 0. The molecule has 1 aliphatic heterocycles. The predicted molar refractivity (Wildman–Crippen MR) is 50.6 cm³/mol. The van der Waals surface area contributed by atoms with Gasteiger partial charge in [0.1, 0.15) is 11.6 Å². The normalized spacial score (nSPS) is 15.4. The molecular weight excluding hydrogens is 186 g/mol. The Morgan fingerprint density at radius 1 is 1.21 bits per heavy atom. The van der Waals surface area contributed by atoms with Crippen LogP contribution in [0.15, 0.2) is 30.6 Å². The fourth-order valence-corrected chi connectivity index (χ4v) is 1.40. The second-order valence-corrected chi connectivity index (χ2v) is 3.26. The van der Waals surface area contributed by atoms with Gasteiger partial charge in [-0.25, -0.2) is 8.78 Å². The molecule has 74 valence electrons. The van der Waals surface area contributed by atoms with E-state index < -0.39 is 11.6 Å². The summed E-state index contributed by atoms with van der Waals surface area (Å²) < 4.78 is 25.9. The van der Waals surface area contributed by atoms with Gasteiger partial charge in [0.25, 0.3) is 0 Å². The number of nitrogens with zero attached hydrogens (tertiary/aromatic N) is 2. The SMILES string of the molecule is CN1C=CN(c2ccc(F)cc2F)C1. The lowest BCUT2D eigenvalue weighted by atomic mass is 10.3. The summed E-state index contributed by atoms with van der Waals surface area (Å²) in [4.78, 5) is 3.62. The predicted octanol–water partition coefficient (Wildman–Crippen LogP) is 2.15. The first-order valence-corrected chi connectivity index (χ1v) is 4.27. The smallest absolute Gasteiger partial charge is 0.149 e. The molecule has 1 aromatic carbocycles. The minimum absolute atomic E-state index is 0.395. The molecule has 0 aromatic heterocycles. The van der Waals surface area contributed by atoms with Crippen molar-refractivity contribution in [3.05, 3.63) is 42.2 Å². The minimum atomic E-state index is -0.553. The molecule has 0 unspecified atom stereocenters. The first-order valence-electron chi connectivity index (χ1n) is 4.27. The van der Waals surface area contributed by atoms with Crippen molar-refractivity contribution in [2.45, 2.75) is 0 Å². The van der Waals surface area contributed by atoms with Crippen molar-refractivity contribution >= 4 is 5.69 Å². The largest absolute Gasteiger partial charge is 0.361 e. The minimum Gasteiger partial charge on any atom is -0.361 e. The van der Waals surface area contributed by atoms with Gasteiger partial charge in [0.05, 0.1) is 12.4 Å². The van der Waals surface area contributed by atoms with E-state index in [2.05, 4.69) is 0 Å². The monoisotopic (exact) mass is 196 g/mol. The first-order chi connectivity index (χ1) is 6.66. The molecule has 0 fully saturated rings. The highest BCUT2D eigenvalue weighted by Crippen LogP contribution is 2.22. The van der Waals surface area contributed by atoms with Crippen LogP contribution in [0.1, 0.15) is 0 Å². The van der Waals surface area contributed by atoms with E-state index in [1.165, 1.54) is 12.1 Å². The lowest BCUT2D eigenvalue weighted by molar-refractivity contribution is 0.491. The average Bonchev–Trinajstić information content (AvgIpc) is 2.51. The molecule has 1 aromatic rings. The lowest BCUT2D eigenvalue weighted by Gasteiger charge is -2.18. The third-order valence-electron chi connectivity index (χ3n) is 2.10. The van der Waals surface area contributed by atoms with Gasteiger partial charge in [0.15, 0.2) is 0 Å². The van der Waals surface area contributed by atoms with Crippen LogP contribution in [-0.2, 0) is 0 Å². The molecule has 1 aliphatic rings. The molecule has 0 bridgehead atoms. The second-order valence-electron chi connectivity index (χ2n) is 3.26. The lowest BCUT2D eigenvalue weighted by Crippen LogP contribution is -2.22. The van der Waals surface area contributed by atoms with E-state index >= 15 is 0 Å². The molecule has 0 amide bonds. The van der Waals surface area contributed by atoms with Crippen LogP contribution < -0.4 is 4.90 Å². The van der Waals surface area contributed by atoms with Gasteiger partial charge in [-0.05, 0) is 12.1 Å². The molecule has 4 heteroatoms. The molecule has 2 rings (SSSR count). The van der Waals surface area contributed by atoms with E-state index in [-0.39, 0.29) is 0 Å². The fraction of sp³-hybridized carbons (Fsp3) is 0.200. The summed E-state index contributed by atoms with van der Waals surface area (Å²) >= 11 is 0. The van der Waals surface area contributed by atoms with Crippen molar-refractivity contribution < 1.29 is 8.78 Å². The molecule has 0 spiro atoms. The highest BCUT2D eigenvalue weighted by atomic mass is 19.1. The summed E-state index contributed by atoms with van der Waals surface area (Å²) in [5, 5.41) is 0. The zero-order valence-electron chi connectivity index (χ0n) is 7.74. The number of halogens is 2. The van der Waals surface area contributed by atoms with Gasteiger partial charge in [-0.15, -0.1) is 0 Å². The topological polar surface area (TPSA) is 6.48 Å². The van der Waals surface area contributed by atoms with Crippen LogP contribution >= 0.6 is 0 Å². The third-order valence-corrected chi connectivity index (χ3v) is 2.10. The van der Waals surface area contributed by atoms with Crippen LogP contribution in [0.5, 0.6) is 0 Å². The van der Waals surface area contributed by atoms with Gasteiger partial charge >= 0.3 is 0 Å². The van der Waals surface area contributed by atoms with Crippen molar-refractivity contribution in [1.82, 2.24) is 4.90 Å². The highest BCUT2D eigenvalue weighted by molar-refractivity contribution is 5.51. The zero-order chi connectivity index (χ0) is 10.1. The average molecular weight is 196 g/mol. The van der Waals surface area contributed by atoms with Crippen molar-refractivity contribution in [2.24, 2.45) is 0 Å². The number of benzene rings is 1. The van der Waals surface area contributed by atoms with E-state index in [0.717, 1.165) is 6.07 Å². The zero-order valence-corrected chi connectivity index (χ0v) is 7.74. The summed E-state index contributed by atoms with van der Waals surface area (Å²) in [6.07, 6.45) is 3.60. The molecule has 0 saturated carbocycles. The van der Waals surface area contributed by atoms with Gasteiger partial charge in [-0.3, -0.25) is 0 Å². The molecule has 14 heavy (non-hydrogen) atoms. The molecular formula is C10H10F2N2.